The van der Waals surface area contributed by atoms with Crippen LogP contribution in [0.25, 0.3) is 0 Å². The van der Waals surface area contributed by atoms with Crippen molar-refractivity contribution in [1.29, 1.82) is 0 Å². The smallest absolute Gasteiger partial charge is 0.323 e. The molecule has 0 aromatic heterocycles. The largest absolute Gasteiger partial charge is 0.480 e. The Morgan fingerprint density at radius 2 is 2.23 bits per heavy atom. The standard InChI is InChI=1S/C10H19NO2/c1-3-7-10(2,9(12)13)11-8-5-4-6-8/h8,11H,3-7H2,1-2H3,(H,12,13). The number of aliphatic carboxylic acids is 1. The molecule has 0 aromatic carbocycles. The summed E-state index contributed by atoms with van der Waals surface area (Å²) in [6.45, 7) is 3.81. The summed E-state index contributed by atoms with van der Waals surface area (Å²) < 4.78 is 0. The number of hydrogen-bond donors (Lipinski definition) is 2. The Kier molecular flexibility index (Phi) is 3.31. The van der Waals surface area contributed by atoms with Crippen LogP contribution in [0.5, 0.6) is 0 Å². The average Bonchev–Trinajstić information content (AvgIpc) is 1.97. The van der Waals surface area contributed by atoms with Gasteiger partial charge in [-0.15, -0.1) is 0 Å². The number of rotatable bonds is 5. The Balaban J connectivity index is 2.49. The van der Waals surface area contributed by atoms with Crippen LogP contribution in [0.1, 0.15) is 46.0 Å². The zero-order valence-corrected chi connectivity index (χ0v) is 8.47. The van der Waals surface area contributed by atoms with Crippen LogP contribution < -0.4 is 5.32 Å². The minimum Gasteiger partial charge on any atom is -0.480 e. The SMILES string of the molecule is CCCC(C)(NC1CCC1)C(=O)O. The second-order valence-corrected chi connectivity index (χ2v) is 4.16. The highest BCUT2D eigenvalue weighted by atomic mass is 16.4. The number of nitrogens with one attached hydrogen (secondary N) is 1. The first-order valence-corrected chi connectivity index (χ1v) is 5.09. The van der Waals surface area contributed by atoms with Gasteiger partial charge in [-0.2, -0.15) is 0 Å². The number of carbonyl (C=O) groups is 1. The monoisotopic (exact) mass is 185 g/mol. The van der Waals surface area contributed by atoms with Crippen molar-refractivity contribution < 1.29 is 9.90 Å². The maximum absolute atomic E-state index is 11.0. The highest BCUT2D eigenvalue weighted by molar-refractivity contribution is 5.78. The van der Waals surface area contributed by atoms with Crippen LogP contribution in [-0.4, -0.2) is 22.7 Å². The van der Waals surface area contributed by atoms with Gasteiger partial charge in [-0.3, -0.25) is 10.1 Å². The van der Waals surface area contributed by atoms with Crippen molar-refractivity contribution >= 4 is 5.97 Å². The summed E-state index contributed by atoms with van der Waals surface area (Å²) in [5.41, 5.74) is -0.708. The number of hydrogen-bond acceptors (Lipinski definition) is 2. The normalized spacial score (nSPS) is 22.0. The van der Waals surface area contributed by atoms with Gasteiger partial charge in [-0.25, -0.2) is 0 Å². The van der Waals surface area contributed by atoms with Crippen molar-refractivity contribution in [3.05, 3.63) is 0 Å². The van der Waals surface area contributed by atoms with Crippen LogP contribution in [0, 0.1) is 0 Å². The van der Waals surface area contributed by atoms with Crippen molar-refractivity contribution in [2.45, 2.75) is 57.5 Å². The molecule has 0 aromatic rings. The van der Waals surface area contributed by atoms with E-state index in [1.54, 1.807) is 6.92 Å². The lowest BCUT2D eigenvalue weighted by molar-refractivity contribution is -0.145. The fraction of sp³-hybridized carbons (Fsp3) is 0.900. The zero-order chi connectivity index (χ0) is 9.90. The minimum atomic E-state index is -0.721. The highest BCUT2D eigenvalue weighted by Crippen LogP contribution is 2.23. The lowest BCUT2D eigenvalue weighted by Crippen LogP contribution is -2.55. The Hall–Kier alpha value is -0.570. The topological polar surface area (TPSA) is 49.3 Å². The van der Waals surface area contributed by atoms with Crippen LogP contribution in [-0.2, 0) is 4.79 Å². The molecule has 76 valence electrons. The maximum atomic E-state index is 11.0. The molecule has 0 amide bonds. The first-order chi connectivity index (χ1) is 6.08. The van der Waals surface area contributed by atoms with Crippen molar-refractivity contribution in [3.8, 4) is 0 Å². The second kappa shape index (κ2) is 4.09. The molecule has 0 bridgehead atoms. The van der Waals surface area contributed by atoms with Crippen molar-refractivity contribution in [2.75, 3.05) is 0 Å². The lowest BCUT2D eigenvalue weighted by Gasteiger charge is -2.35. The van der Waals surface area contributed by atoms with Gasteiger partial charge in [0.1, 0.15) is 5.54 Å². The van der Waals surface area contributed by atoms with Gasteiger partial charge in [0, 0.05) is 6.04 Å². The molecule has 0 spiro atoms. The van der Waals surface area contributed by atoms with E-state index >= 15 is 0 Å². The van der Waals surface area contributed by atoms with Gasteiger partial charge in [-0.1, -0.05) is 19.8 Å². The molecule has 0 heterocycles. The third kappa shape index (κ3) is 2.44. The fourth-order valence-electron chi connectivity index (χ4n) is 1.74. The van der Waals surface area contributed by atoms with Crippen LogP contribution in [0.15, 0.2) is 0 Å². The molecule has 1 aliphatic rings. The van der Waals surface area contributed by atoms with Crippen LogP contribution in [0.3, 0.4) is 0 Å². The van der Waals surface area contributed by atoms with E-state index in [1.807, 2.05) is 6.92 Å². The van der Waals surface area contributed by atoms with Gasteiger partial charge < -0.3 is 5.11 Å². The molecule has 1 rings (SSSR count). The molecule has 3 nitrogen and oxygen atoms in total. The van der Waals surface area contributed by atoms with Crippen LogP contribution >= 0.6 is 0 Å². The van der Waals surface area contributed by atoms with E-state index in [0.717, 1.165) is 19.3 Å². The van der Waals surface area contributed by atoms with E-state index in [1.165, 1.54) is 6.42 Å². The van der Waals surface area contributed by atoms with Gasteiger partial charge in [0.2, 0.25) is 0 Å². The molecule has 13 heavy (non-hydrogen) atoms. The fourth-order valence-corrected chi connectivity index (χ4v) is 1.74. The number of carboxylic acids is 1. The van der Waals surface area contributed by atoms with E-state index in [4.69, 9.17) is 5.11 Å². The quantitative estimate of drug-likeness (QED) is 0.686. The van der Waals surface area contributed by atoms with Crippen LogP contribution in [0.2, 0.25) is 0 Å². The molecule has 1 fully saturated rings. The number of carboxylic acid groups (broad SMARTS) is 1. The molecule has 1 unspecified atom stereocenters. The molecule has 2 N–H and O–H groups in total. The van der Waals surface area contributed by atoms with Gasteiger partial charge in [0.05, 0.1) is 0 Å². The van der Waals surface area contributed by atoms with Gasteiger partial charge >= 0.3 is 5.97 Å². The predicted molar refractivity (Wildman–Crippen MR) is 51.7 cm³/mol. The van der Waals surface area contributed by atoms with E-state index in [2.05, 4.69) is 5.32 Å². The summed E-state index contributed by atoms with van der Waals surface area (Å²) in [5.74, 6) is -0.721. The Morgan fingerprint density at radius 3 is 2.54 bits per heavy atom. The molecular weight excluding hydrogens is 166 g/mol. The summed E-state index contributed by atoms with van der Waals surface area (Å²) in [6, 6.07) is 0.438. The third-order valence-electron chi connectivity index (χ3n) is 2.85. The van der Waals surface area contributed by atoms with E-state index in [9.17, 15) is 4.79 Å². The molecule has 1 aliphatic carbocycles. The summed E-state index contributed by atoms with van der Waals surface area (Å²) in [6.07, 6.45) is 5.11. The summed E-state index contributed by atoms with van der Waals surface area (Å²) in [4.78, 5) is 11.0. The first kappa shape index (κ1) is 10.5. The molecule has 0 saturated heterocycles. The zero-order valence-electron chi connectivity index (χ0n) is 8.47. The molecule has 1 saturated carbocycles. The predicted octanol–water partition coefficient (Wildman–Crippen LogP) is 1.77. The van der Waals surface area contributed by atoms with Crippen LogP contribution in [0.4, 0.5) is 0 Å². The summed E-state index contributed by atoms with van der Waals surface area (Å²) >= 11 is 0. The molecule has 1 atom stereocenters. The molecule has 0 aliphatic heterocycles. The Morgan fingerprint density at radius 1 is 1.62 bits per heavy atom. The summed E-state index contributed by atoms with van der Waals surface area (Å²) in [5, 5.41) is 12.3. The molecular formula is C10H19NO2. The van der Waals surface area contributed by atoms with Gasteiger partial charge in [0.25, 0.3) is 0 Å². The second-order valence-electron chi connectivity index (χ2n) is 4.16. The average molecular weight is 185 g/mol. The maximum Gasteiger partial charge on any atom is 0.323 e. The summed E-state index contributed by atoms with van der Waals surface area (Å²) in [7, 11) is 0. The first-order valence-electron chi connectivity index (χ1n) is 5.09. The van der Waals surface area contributed by atoms with E-state index < -0.39 is 11.5 Å². The Bertz CT molecular complexity index is 189. The van der Waals surface area contributed by atoms with Gasteiger partial charge in [-0.05, 0) is 26.2 Å². The lowest BCUT2D eigenvalue weighted by atomic mass is 9.87. The molecule has 3 heteroatoms. The third-order valence-corrected chi connectivity index (χ3v) is 2.85. The molecule has 0 radical (unpaired) electrons. The minimum absolute atomic E-state index is 0.438. The van der Waals surface area contributed by atoms with Crippen molar-refractivity contribution in [3.63, 3.8) is 0 Å². The van der Waals surface area contributed by atoms with Crippen molar-refractivity contribution in [1.82, 2.24) is 5.32 Å². The van der Waals surface area contributed by atoms with E-state index in [-0.39, 0.29) is 0 Å². The van der Waals surface area contributed by atoms with E-state index in [0.29, 0.717) is 12.5 Å². The van der Waals surface area contributed by atoms with Crippen molar-refractivity contribution in [2.24, 2.45) is 0 Å². The Labute approximate surface area is 79.5 Å². The van der Waals surface area contributed by atoms with Gasteiger partial charge in [0.15, 0.2) is 0 Å². The highest BCUT2D eigenvalue weighted by Gasteiger charge is 2.35.